The fourth-order valence-electron chi connectivity index (χ4n) is 4.09. The molecule has 2 amide bonds. The van der Waals surface area contributed by atoms with Gasteiger partial charge in [-0.05, 0) is 54.8 Å². The SMILES string of the molecule is COc1ccc(N2CC(C(=O)NCc3ccc(S(=O)(=O)N4CCCC4)cc3)CC2=O)cc1. The van der Waals surface area contributed by atoms with Gasteiger partial charge in [-0.3, -0.25) is 9.59 Å². The summed E-state index contributed by atoms with van der Waals surface area (Å²) in [4.78, 5) is 26.9. The number of rotatable bonds is 7. The summed E-state index contributed by atoms with van der Waals surface area (Å²) in [6, 6.07) is 13.8. The number of anilines is 1. The molecule has 2 aliphatic heterocycles. The monoisotopic (exact) mass is 457 g/mol. The van der Waals surface area contributed by atoms with E-state index < -0.39 is 15.9 Å². The third-order valence-corrected chi connectivity index (χ3v) is 7.89. The summed E-state index contributed by atoms with van der Waals surface area (Å²) in [7, 11) is -1.87. The highest BCUT2D eigenvalue weighted by molar-refractivity contribution is 7.89. The molecular weight excluding hydrogens is 430 g/mol. The summed E-state index contributed by atoms with van der Waals surface area (Å²) in [5, 5.41) is 2.87. The number of nitrogens with zero attached hydrogens (tertiary/aromatic N) is 2. The Morgan fingerprint density at radius 2 is 1.72 bits per heavy atom. The van der Waals surface area contributed by atoms with Crippen LogP contribution < -0.4 is 15.0 Å². The van der Waals surface area contributed by atoms with E-state index >= 15 is 0 Å². The minimum Gasteiger partial charge on any atom is -0.497 e. The maximum absolute atomic E-state index is 12.6. The quantitative estimate of drug-likeness (QED) is 0.687. The molecule has 0 bridgehead atoms. The third kappa shape index (κ3) is 4.63. The van der Waals surface area contributed by atoms with E-state index in [2.05, 4.69) is 5.32 Å². The maximum Gasteiger partial charge on any atom is 0.243 e. The molecule has 2 heterocycles. The zero-order valence-electron chi connectivity index (χ0n) is 18.0. The number of benzene rings is 2. The zero-order chi connectivity index (χ0) is 22.7. The minimum absolute atomic E-state index is 0.0909. The van der Waals surface area contributed by atoms with Crippen molar-refractivity contribution in [2.24, 2.45) is 5.92 Å². The normalized spacial score (nSPS) is 19.3. The summed E-state index contributed by atoms with van der Waals surface area (Å²) in [5.74, 6) is -0.0109. The van der Waals surface area contributed by atoms with Gasteiger partial charge in [0.1, 0.15) is 5.75 Å². The van der Waals surface area contributed by atoms with E-state index in [0.29, 0.717) is 25.4 Å². The maximum atomic E-state index is 12.6. The Morgan fingerprint density at radius 3 is 2.34 bits per heavy atom. The van der Waals surface area contributed by atoms with Gasteiger partial charge in [0.05, 0.1) is 17.9 Å². The van der Waals surface area contributed by atoms with Gasteiger partial charge >= 0.3 is 0 Å². The topological polar surface area (TPSA) is 96.0 Å². The highest BCUT2D eigenvalue weighted by Gasteiger charge is 2.35. The van der Waals surface area contributed by atoms with Crippen molar-refractivity contribution in [3.63, 3.8) is 0 Å². The highest BCUT2D eigenvalue weighted by Crippen LogP contribution is 2.27. The fraction of sp³-hybridized carbons (Fsp3) is 0.391. The number of hydrogen-bond acceptors (Lipinski definition) is 5. The second kappa shape index (κ2) is 9.30. The van der Waals surface area contributed by atoms with Crippen LogP contribution in [0.1, 0.15) is 24.8 Å². The van der Waals surface area contributed by atoms with Gasteiger partial charge in [-0.1, -0.05) is 12.1 Å². The summed E-state index contributed by atoms with van der Waals surface area (Å²) < 4.78 is 31.9. The van der Waals surface area contributed by atoms with Crippen LogP contribution in [0.3, 0.4) is 0 Å². The molecule has 4 rings (SSSR count). The average Bonchev–Trinajstić information content (AvgIpc) is 3.48. The Morgan fingerprint density at radius 1 is 1.06 bits per heavy atom. The molecule has 0 aromatic heterocycles. The van der Waals surface area contributed by atoms with Crippen LogP contribution in [0, 0.1) is 5.92 Å². The van der Waals surface area contributed by atoms with E-state index in [1.165, 1.54) is 4.31 Å². The Hall–Kier alpha value is -2.91. The minimum atomic E-state index is -3.45. The van der Waals surface area contributed by atoms with Gasteiger partial charge in [0.25, 0.3) is 0 Å². The highest BCUT2D eigenvalue weighted by atomic mass is 32.2. The number of hydrogen-bond donors (Lipinski definition) is 1. The molecule has 170 valence electrons. The van der Waals surface area contributed by atoms with Gasteiger partial charge in [-0.25, -0.2) is 8.42 Å². The molecule has 0 saturated carbocycles. The first kappa shape index (κ1) is 22.3. The van der Waals surface area contributed by atoms with Gasteiger partial charge in [0.2, 0.25) is 21.8 Å². The predicted octanol–water partition coefficient (Wildman–Crippen LogP) is 2.15. The van der Waals surface area contributed by atoms with Crippen molar-refractivity contribution in [1.82, 2.24) is 9.62 Å². The number of carbonyl (C=O) groups excluding carboxylic acids is 2. The lowest BCUT2D eigenvalue weighted by Crippen LogP contribution is -2.32. The number of ether oxygens (including phenoxy) is 1. The predicted molar refractivity (Wildman–Crippen MR) is 120 cm³/mol. The summed E-state index contributed by atoms with van der Waals surface area (Å²) >= 11 is 0. The van der Waals surface area contributed by atoms with Crippen LogP contribution in [0.5, 0.6) is 5.75 Å². The molecular formula is C23H27N3O5S. The standard InChI is InChI=1S/C23H27N3O5S/c1-31-20-8-6-19(7-9-20)26-16-18(14-22(26)27)23(28)24-15-17-4-10-21(11-5-17)32(29,30)25-12-2-3-13-25/h4-11,18H,2-3,12-16H2,1H3,(H,24,28). The van der Waals surface area contributed by atoms with Crippen LogP contribution in [0.25, 0.3) is 0 Å². The van der Waals surface area contributed by atoms with Crippen LogP contribution in [-0.4, -0.2) is 51.3 Å². The van der Waals surface area contributed by atoms with E-state index in [0.717, 1.165) is 24.1 Å². The second-order valence-corrected chi connectivity index (χ2v) is 10.0. The first-order chi connectivity index (χ1) is 15.4. The third-order valence-electron chi connectivity index (χ3n) is 5.97. The van der Waals surface area contributed by atoms with Crippen molar-refractivity contribution in [2.45, 2.75) is 30.7 Å². The van der Waals surface area contributed by atoms with Crippen LogP contribution in [0.15, 0.2) is 53.4 Å². The first-order valence-electron chi connectivity index (χ1n) is 10.7. The Bertz CT molecular complexity index is 1080. The number of nitrogens with one attached hydrogen (secondary N) is 1. The number of amides is 2. The zero-order valence-corrected chi connectivity index (χ0v) is 18.8. The number of methoxy groups -OCH3 is 1. The molecule has 0 radical (unpaired) electrons. The van der Waals surface area contributed by atoms with Gasteiger partial charge < -0.3 is 15.0 Å². The molecule has 1 N–H and O–H groups in total. The van der Waals surface area contributed by atoms with E-state index in [1.54, 1.807) is 60.5 Å². The molecule has 2 aromatic carbocycles. The van der Waals surface area contributed by atoms with E-state index in [1.807, 2.05) is 0 Å². The molecule has 2 fully saturated rings. The van der Waals surface area contributed by atoms with Crippen molar-refractivity contribution in [3.05, 3.63) is 54.1 Å². The Balaban J connectivity index is 1.33. The van der Waals surface area contributed by atoms with Crippen LogP contribution in [0.4, 0.5) is 5.69 Å². The molecule has 9 heteroatoms. The summed E-state index contributed by atoms with van der Waals surface area (Å²) in [6.07, 6.45) is 1.94. The van der Waals surface area contributed by atoms with Crippen molar-refractivity contribution < 1.29 is 22.7 Å². The molecule has 32 heavy (non-hydrogen) atoms. The van der Waals surface area contributed by atoms with Crippen molar-refractivity contribution in [3.8, 4) is 5.75 Å². The summed E-state index contributed by atoms with van der Waals surface area (Å²) in [6.45, 7) is 1.72. The van der Waals surface area contributed by atoms with E-state index in [4.69, 9.17) is 4.74 Å². The van der Waals surface area contributed by atoms with Crippen molar-refractivity contribution in [2.75, 3.05) is 31.6 Å². The summed E-state index contributed by atoms with van der Waals surface area (Å²) in [5.41, 5.74) is 1.54. The lowest BCUT2D eigenvalue weighted by Gasteiger charge is -2.17. The number of sulfonamides is 1. The smallest absolute Gasteiger partial charge is 0.243 e. The second-order valence-electron chi connectivity index (χ2n) is 8.08. The molecule has 0 aliphatic carbocycles. The molecule has 1 atom stereocenters. The van der Waals surface area contributed by atoms with Gasteiger partial charge in [0, 0.05) is 38.3 Å². The molecule has 1 unspecified atom stereocenters. The van der Waals surface area contributed by atoms with Crippen LogP contribution in [0.2, 0.25) is 0 Å². The largest absolute Gasteiger partial charge is 0.497 e. The fourth-order valence-corrected chi connectivity index (χ4v) is 5.60. The average molecular weight is 458 g/mol. The van der Waals surface area contributed by atoms with E-state index in [9.17, 15) is 18.0 Å². The van der Waals surface area contributed by atoms with E-state index in [-0.39, 0.29) is 29.7 Å². The van der Waals surface area contributed by atoms with Gasteiger partial charge in [-0.15, -0.1) is 0 Å². The Labute approximate surface area is 188 Å². The van der Waals surface area contributed by atoms with Gasteiger partial charge in [0.15, 0.2) is 0 Å². The molecule has 2 aliphatic rings. The molecule has 2 saturated heterocycles. The molecule has 8 nitrogen and oxygen atoms in total. The van der Waals surface area contributed by atoms with Crippen molar-refractivity contribution >= 4 is 27.5 Å². The Kier molecular flexibility index (Phi) is 6.48. The lowest BCUT2D eigenvalue weighted by molar-refractivity contribution is -0.126. The lowest BCUT2D eigenvalue weighted by atomic mass is 10.1. The molecule has 2 aromatic rings. The van der Waals surface area contributed by atoms with Crippen molar-refractivity contribution in [1.29, 1.82) is 0 Å². The number of carbonyl (C=O) groups is 2. The van der Waals surface area contributed by atoms with Crippen LogP contribution >= 0.6 is 0 Å². The van der Waals surface area contributed by atoms with Crippen LogP contribution in [-0.2, 0) is 26.2 Å². The molecule has 0 spiro atoms. The first-order valence-corrected chi connectivity index (χ1v) is 12.1. The van der Waals surface area contributed by atoms with Gasteiger partial charge in [-0.2, -0.15) is 4.31 Å².